The van der Waals surface area contributed by atoms with Gasteiger partial charge in [0, 0.05) is 17.0 Å². The van der Waals surface area contributed by atoms with Crippen molar-refractivity contribution >= 4 is 23.5 Å². The summed E-state index contributed by atoms with van der Waals surface area (Å²) in [6.07, 6.45) is -1.01. The van der Waals surface area contributed by atoms with Gasteiger partial charge in [-0.25, -0.2) is 4.79 Å². The van der Waals surface area contributed by atoms with Crippen molar-refractivity contribution in [2.24, 2.45) is 11.7 Å². The van der Waals surface area contributed by atoms with Crippen molar-refractivity contribution in [3.63, 3.8) is 0 Å². The SMILES string of the molecule is N#CC1=C(N)O[C@@H]2NC(=O)NC(=O)[C@H]2[C@@H]1c1cc2c(cc1Cl)OCO2. The van der Waals surface area contributed by atoms with Gasteiger partial charge in [-0.2, -0.15) is 5.26 Å². The van der Waals surface area contributed by atoms with Crippen LogP contribution in [-0.2, 0) is 9.53 Å². The number of nitrogens with zero attached hydrogens (tertiary/aromatic N) is 1. The number of urea groups is 1. The van der Waals surface area contributed by atoms with Crippen LogP contribution in [0.2, 0.25) is 5.02 Å². The monoisotopic (exact) mass is 362 g/mol. The molecular formula is C15H11ClN4O5. The molecule has 0 spiro atoms. The maximum absolute atomic E-state index is 12.4. The van der Waals surface area contributed by atoms with Gasteiger partial charge in [0.1, 0.15) is 12.0 Å². The van der Waals surface area contributed by atoms with E-state index in [1.165, 1.54) is 0 Å². The molecule has 3 heterocycles. The number of benzene rings is 1. The minimum Gasteiger partial charge on any atom is -0.454 e. The van der Waals surface area contributed by atoms with Crippen LogP contribution in [0.1, 0.15) is 11.5 Å². The zero-order valence-electron chi connectivity index (χ0n) is 12.5. The number of nitrogens with two attached hydrogens (primary N) is 1. The Hall–Kier alpha value is -3.12. The first-order valence-corrected chi connectivity index (χ1v) is 7.64. The van der Waals surface area contributed by atoms with Gasteiger partial charge >= 0.3 is 6.03 Å². The maximum Gasteiger partial charge on any atom is 0.324 e. The number of ether oxygens (including phenoxy) is 3. The van der Waals surface area contributed by atoms with Gasteiger partial charge in [0.15, 0.2) is 17.7 Å². The van der Waals surface area contributed by atoms with Crippen LogP contribution in [0.25, 0.3) is 0 Å². The fraction of sp³-hybridized carbons (Fsp3) is 0.267. The average molecular weight is 363 g/mol. The van der Waals surface area contributed by atoms with Gasteiger partial charge < -0.3 is 25.3 Å². The van der Waals surface area contributed by atoms with E-state index in [0.29, 0.717) is 17.1 Å². The summed E-state index contributed by atoms with van der Waals surface area (Å²) in [5.74, 6) is -1.58. The predicted molar refractivity (Wildman–Crippen MR) is 82.2 cm³/mol. The molecule has 3 atom stereocenters. The summed E-state index contributed by atoms with van der Waals surface area (Å²) in [4.78, 5) is 24.0. The Balaban J connectivity index is 1.88. The van der Waals surface area contributed by atoms with E-state index in [4.69, 9.17) is 31.5 Å². The van der Waals surface area contributed by atoms with Crippen LogP contribution in [0.5, 0.6) is 11.5 Å². The van der Waals surface area contributed by atoms with Crippen LogP contribution in [0, 0.1) is 17.2 Å². The van der Waals surface area contributed by atoms with E-state index >= 15 is 0 Å². The van der Waals surface area contributed by atoms with E-state index in [-0.39, 0.29) is 23.3 Å². The molecule has 10 heteroatoms. The van der Waals surface area contributed by atoms with Crippen molar-refractivity contribution in [2.45, 2.75) is 12.1 Å². The van der Waals surface area contributed by atoms with Gasteiger partial charge in [-0.15, -0.1) is 0 Å². The van der Waals surface area contributed by atoms with E-state index < -0.39 is 30.0 Å². The number of halogens is 1. The van der Waals surface area contributed by atoms with Crippen LogP contribution < -0.4 is 25.8 Å². The molecule has 1 saturated heterocycles. The highest BCUT2D eigenvalue weighted by atomic mass is 35.5. The molecule has 4 rings (SSSR count). The summed E-state index contributed by atoms with van der Waals surface area (Å²) in [5, 5.41) is 14.4. The molecule has 1 aromatic rings. The van der Waals surface area contributed by atoms with Crippen LogP contribution in [0.15, 0.2) is 23.6 Å². The summed E-state index contributed by atoms with van der Waals surface area (Å²) in [7, 11) is 0. The molecule has 0 aliphatic carbocycles. The Labute approximate surface area is 146 Å². The van der Waals surface area contributed by atoms with Gasteiger partial charge in [0.05, 0.1) is 5.57 Å². The average Bonchev–Trinajstić information content (AvgIpc) is 2.99. The highest BCUT2D eigenvalue weighted by Gasteiger charge is 2.49. The number of nitrogens with one attached hydrogen (secondary N) is 2. The van der Waals surface area contributed by atoms with Gasteiger partial charge in [0.2, 0.25) is 18.6 Å². The molecule has 0 saturated carbocycles. The number of carbonyl (C=O) groups is 2. The Morgan fingerprint density at radius 3 is 2.72 bits per heavy atom. The Kier molecular flexibility index (Phi) is 3.36. The van der Waals surface area contributed by atoms with E-state index in [1.54, 1.807) is 12.1 Å². The van der Waals surface area contributed by atoms with E-state index in [0.717, 1.165) is 0 Å². The number of hydrogen-bond acceptors (Lipinski definition) is 7. The molecule has 9 nitrogen and oxygen atoms in total. The number of imide groups is 1. The Morgan fingerprint density at radius 1 is 1.28 bits per heavy atom. The smallest absolute Gasteiger partial charge is 0.324 e. The van der Waals surface area contributed by atoms with E-state index in [1.807, 2.05) is 6.07 Å². The molecule has 3 aliphatic rings. The Bertz CT molecular complexity index is 877. The molecule has 3 aliphatic heterocycles. The van der Waals surface area contributed by atoms with Gasteiger partial charge in [-0.05, 0) is 11.6 Å². The molecular weight excluding hydrogens is 352 g/mol. The summed E-state index contributed by atoms with van der Waals surface area (Å²) >= 11 is 6.35. The molecule has 0 bridgehead atoms. The lowest BCUT2D eigenvalue weighted by atomic mass is 9.77. The topological polar surface area (TPSA) is 136 Å². The number of rotatable bonds is 1. The van der Waals surface area contributed by atoms with Gasteiger partial charge in [0.25, 0.3) is 0 Å². The second-order valence-corrected chi connectivity index (χ2v) is 6.03. The second kappa shape index (κ2) is 5.46. The third-order valence-corrected chi connectivity index (χ3v) is 4.60. The lowest BCUT2D eigenvalue weighted by Crippen LogP contribution is -2.62. The van der Waals surface area contributed by atoms with Crippen LogP contribution in [0.4, 0.5) is 4.79 Å². The first-order valence-electron chi connectivity index (χ1n) is 7.26. The number of hydrogen-bond donors (Lipinski definition) is 3. The first-order chi connectivity index (χ1) is 12.0. The minimum atomic E-state index is -1.01. The van der Waals surface area contributed by atoms with Crippen molar-refractivity contribution in [2.75, 3.05) is 6.79 Å². The second-order valence-electron chi connectivity index (χ2n) is 5.62. The third-order valence-electron chi connectivity index (χ3n) is 4.28. The van der Waals surface area contributed by atoms with Crippen LogP contribution >= 0.6 is 11.6 Å². The summed E-state index contributed by atoms with van der Waals surface area (Å²) in [6, 6.07) is 4.42. The normalized spacial score (nSPS) is 27.0. The van der Waals surface area contributed by atoms with Crippen LogP contribution in [0.3, 0.4) is 0 Å². The highest BCUT2D eigenvalue weighted by Crippen LogP contribution is 2.46. The van der Waals surface area contributed by atoms with Crippen molar-refractivity contribution in [3.05, 3.63) is 34.2 Å². The van der Waals surface area contributed by atoms with E-state index in [9.17, 15) is 14.9 Å². The zero-order valence-corrected chi connectivity index (χ0v) is 13.3. The molecule has 4 N–H and O–H groups in total. The van der Waals surface area contributed by atoms with E-state index in [2.05, 4.69) is 10.6 Å². The molecule has 3 amide bonds. The molecule has 1 fully saturated rings. The van der Waals surface area contributed by atoms with Crippen molar-refractivity contribution in [1.29, 1.82) is 5.26 Å². The maximum atomic E-state index is 12.4. The molecule has 0 radical (unpaired) electrons. The molecule has 25 heavy (non-hydrogen) atoms. The fourth-order valence-electron chi connectivity index (χ4n) is 3.19. The zero-order chi connectivity index (χ0) is 17.7. The minimum absolute atomic E-state index is 0.0494. The lowest BCUT2D eigenvalue weighted by Gasteiger charge is -2.40. The summed E-state index contributed by atoms with van der Waals surface area (Å²) in [5.41, 5.74) is 6.33. The predicted octanol–water partition coefficient (Wildman–Crippen LogP) is 0.658. The first kappa shape index (κ1) is 15.4. The fourth-order valence-corrected chi connectivity index (χ4v) is 3.47. The number of nitriles is 1. The van der Waals surface area contributed by atoms with Crippen molar-refractivity contribution < 1.29 is 23.8 Å². The Morgan fingerprint density at radius 2 is 2.00 bits per heavy atom. The van der Waals surface area contributed by atoms with Gasteiger partial charge in [-0.3, -0.25) is 10.1 Å². The van der Waals surface area contributed by atoms with Crippen molar-refractivity contribution in [3.8, 4) is 17.6 Å². The van der Waals surface area contributed by atoms with Crippen LogP contribution in [-0.4, -0.2) is 25.0 Å². The largest absolute Gasteiger partial charge is 0.454 e. The summed E-state index contributed by atoms with van der Waals surface area (Å²) < 4.78 is 16.0. The van der Waals surface area contributed by atoms with Crippen molar-refractivity contribution in [1.82, 2.24) is 10.6 Å². The lowest BCUT2D eigenvalue weighted by molar-refractivity contribution is -0.132. The van der Waals surface area contributed by atoms with Gasteiger partial charge in [-0.1, -0.05) is 11.6 Å². The number of amides is 3. The number of allylic oxidation sites excluding steroid dienone is 1. The number of fused-ring (bicyclic) bond motifs is 2. The highest BCUT2D eigenvalue weighted by molar-refractivity contribution is 6.31. The quantitative estimate of drug-likeness (QED) is 0.667. The molecule has 0 unspecified atom stereocenters. The molecule has 0 aromatic heterocycles. The third kappa shape index (κ3) is 2.30. The molecule has 1 aromatic carbocycles. The standard InChI is InChI=1S/C15H11ClN4O5/c16-7-2-9-8(23-4-24-9)1-5(7)10-6(3-17)12(18)25-14-11(10)13(21)19-15(22)20-14/h1-2,10-11,14H,4,18H2,(H2,19,20,21,22)/t10-,11-,14+/m1/s1. The molecule has 128 valence electrons. The number of carbonyl (C=O) groups excluding carboxylic acids is 2. The summed E-state index contributed by atoms with van der Waals surface area (Å²) in [6.45, 7) is 0.0502.